The predicted molar refractivity (Wildman–Crippen MR) is 80.9 cm³/mol. The Hall–Kier alpha value is -1.06. The minimum atomic E-state index is 0.477. The fourth-order valence-corrected chi connectivity index (χ4v) is 2.63. The van der Waals surface area contributed by atoms with E-state index in [1.165, 1.54) is 11.3 Å². The van der Waals surface area contributed by atoms with Crippen molar-refractivity contribution in [2.24, 2.45) is 0 Å². The summed E-state index contributed by atoms with van der Waals surface area (Å²) < 4.78 is 5.93. The van der Waals surface area contributed by atoms with Crippen LogP contribution in [-0.4, -0.2) is 39.4 Å². The van der Waals surface area contributed by atoms with Crippen LogP contribution in [0.5, 0.6) is 0 Å². The molecular formula is C16H26N2O. The first-order chi connectivity index (χ1) is 9.27. The molecule has 1 saturated heterocycles. The molecule has 3 heteroatoms. The van der Waals surface area contributed by atoms with Crippen LogP contribution in [-0.2, 0) is 4.74 Å². The lowest BCUT2D eigenvalue weighted by Gasteiger charge is -2.24. The van der Waals surface area contributed by atoms with E-state index in [1.807, 2.05) is 0 Å². The molecule has 0 bridgehead atoms. The molecule has 0 aliphatic carbocycles. The zero-order valence-corrected chi connectivity index (χ0v) is 12.2. The highest BCUT2D eigenvalue weighted by atomic mass is 16.5. The van der Waals surface area contributed by atoms with Gasteiger partial charge in [-0.1, -0.05) is 18.2 Å². The van der Waals surface area contributed by atoms with Gasteiger partial charge in [-0.2, -0.15) is 0 Å². The van der Waals surface area contributed by atoms with Crippen molar-refractivity contribution in [2.75, 3.05) is 38.2 Å². The lowest BCUT2D eigenvalue weighted by molar-refractivity contribution is 0.0324. The molecule has 19 heavy (non-hydrogen) atoms. The molecule has 1 aliphatic heterocycles. The lowest BCUT2D eigenvalue weighted by Crippen LogP contribution is -2.33. The number of piperidine rings is 1. The molecule has 1 aromatic rings. The Balaban J connectivity index is 1.66. The van der Waals surface area contributed by atoms with Crippen LogP contribution in [0.4, 0.5) is 5.69 Å². The first kappa shape index (κ1) is 14.4. The van der Waals surface area contributed by atoms with Gasteiger partial charge in [0.2, 0.25) is 0 Å². The highest BCUT2D eigenvalue weighted by Crippen LogP contribution is 2.17. The molecular weight excluding hydrogens is 236 g/mol. The van der Waals surface area contributed by atoms with Gasteiger partial charge >= 0.3 is 0 Å². The predicted octanol–water partition coefficient (Wildman–Crippen LogP) is 2.59. The maximum absolute atomic E-state index is 5.93. The molecule has 0 atom stereocenters. The third-order valence-electron chi connectivity index (χ3n) is 3.80. The van der Waals surface area contributed by atoms with E-state index in [0.717, 1.165) is 45.5 Å². The number of benzene rings is 1. The van der Waals surface area contributed by atoms with Crippen molar-refractivity contribution >= 4 is 5.69 Å². The molecule has 1 aromatic carbocycles. The van der Waals surface area contributed by atoms with Crippen LogP contribution in [0, 0.1) is 6.92 Å². The van der Waals surface area contributed by atoms with Gasteiger partial charge in [0.15, 0.2) is 0 Å². The summed E-state index contributed by atoms with van der Waals surface area (Å²) in [6.45, 7) is 6.30. The van der Waals surface area contributed by atoms with Gasteiger partial charge in [-0.05, 0) is 50.9 Å². The number of para-hydroxylation sites is 1. The third-order valence-corrected chi connectivity index (χ3v) is 3.80. The Morgan fingerprint density at radius 2 is 2.00 bits per heavy atom. The topological polar surface area (TPSA) is 24.5 Å². The van der Waals surface area contributed by atoms with E-state index in [0.29, 0.717) is 6.10 Å². The molecule has 0 aromatic heterocycles. The minimum Gasteiger partial charge on any atom is -0.378 e. The number of hydrogen-bond donors (Lipinski definition) is 1. The zero-order chi connectivity index (χ0) is 13.5. The monoisotopic (exact) mass is 262 g/mol. The summed E-state index contributed by atoms with van der Waals surface area (Å²) in [5, 5.41) is 3.36. The maximum atomic E-state index is 5.93. The van der Waals surface area contributed by atoms with Crippen molar-refractivity contribution < 1.29 is 4.74 Å². The molecule has 3 nitrogen and oxygen atoms in total. The molecule has 1 N–H and O–H groups in total. The Bertz CT molecular complexity index is 375. The number of anilines is 1. The smallest absolute Gasteiger partial charge is 0.0599 e. The summed E-state index contributed by atoms with van der Waals surface area (Å²) in [6, 6.07) is 8.54. The van der Waals surface area contributed by atoms with Gasteiger partial charge in [0.25, 0.3) is 0 Å². The molecule has 0 amide bonds. The van der Waals surface area contributed by atoms with Crippen LogP contribution in [0.2, 0.25) is 0 Å². The first-order valence-electron chi connectivity index (χ1n) is 7.36. The van der Waals surface area contributed by atoms with Gasteiger partial charge < -0.3 is 15.0 Å². The van der Waals surface area contributed by atoms with E-state index in [2.05, 4.69) is 48.5 Å². The second kappa shape index (κ2) is 7.51. The standard InChI is InChI=1S/C16H26N2O/c1-14-6-3-4-7-16(14)18(2)12-5-13-19-15-8-10-17-11-9-15/h3-4,6-7,15,17H,5,8-13H2,1-2H3. The second-order valence-corrected chi connectivity index (χ2v) is 5.38. The summed E-state index contributed by atoms with van der Waals surface area (Å²) in [5.74, 6) is 0. The fraction of sp³-hybridized carbons (Fsp3) is 0.625. The summed E-state index contributed by atoms with van der Waals surface area (Å²) in [6.07, 6.45) is 3.89. The molecule has 1 aliphatic rings. The first-order valence-corrected chi connectivity index (χ1v) is 7.36. The van der Waals surface area contributed by atoms with Crippen molar-refractivity contribution in [3.63, 3.8) is 0 Å². The molecule has 0 radical (unpaired) electrons. The van der Waals surface area contributed by atoms with Crippen molar-refractivity contribution in [1.82, 2.24) is 5.32 Å². The van der Waals surface area contributed by atoms with E-state index in [4.69, 9.17) is 4.74 Å². The Labute approximate surface area is 116 Å². The molecule has 1 heterocycles. The normalized spacial score (nSPS) is 16.5. The number of hydrogen-bond acceptors (Lipinski definition) is 3. The van der Waals surface area contributed by atoms with E-state index in [9.17, 15) is 0 Å². The Morgan fingerprint density at radius 1 is 1.26 bits per heavy atom. The van der Waals surface area contributed by atoms with Gasteiger partial charge in [-0.3, -0.25) is 0 Å². The summed E-state index contributed by atoms with van der Waals surface area (Å²) in [5.41, 5.74) is 2.66. The highest BCUT2D eigenvalue weighted by Gasteiger charge is 2.12. The lowest BCUT2D eigenvalue weighted by atomic mass is 10.1. The summed E-state index contributed by atoms with van der Waals surface area (Å²) in [7, 11) is 2.16. The van der Waals surface area contributed by atoms with Crippen molar-refractivity contribution in [1.29, 1.82) is 0 Å². The van der Waals surface area contributed by atoms with Gasteiger partial charge in [-0.15, -0.1) is 0 Å². The third kappa shape index (κ3) is 4.51. The molecule has 1 fully saturated rings. The molecule has 2 rings (SSSR count). The van der Waals surface area contributed by atoms with E-state index in [1.54, 1.807) is 0 Å². The van der Waals surface area contributed by atoms with Crippen LogP contribution in [0.1, 0.15) is 24.8 Å². The van der Waals surface area contributed by atoms with Crippen LogP contribution in [0.25, 0.3) is 0 Å². The van der Waals surface area contributed by atoms with Gasteiger partial charge in [0, 0.05) is 25.9 Å². The van der Waals surface area contributed by atoms with Crippen molar-refractivity contribution in [3.8, 4) is 0 Å². The largest absolute Gasteiger partial charge is 0.378 e. The number of nitrogens with zero attached hydrogens (tertiary/aromatic N) is 1. The van der Waals surface area contributed by atoms with E-state index >= 15 is 0 Å². The number of aryl methyl sites for hydroxylation is 1. The van der Waals surface area contributed by atoms with Gasteiger partial charge in [-0.25, -0.2) is 0 Å². The summed E-state index contributed by atoms with van der Waals surface area (Å²) in [4.78, 5) is 2.32. The average molecular weight is 262 g/mol. The van der Waals surface area contributed by atoms with E-state index in [-0.39, 0.29) is 0 Å². The highest BCUT2D eigenvalue weighted by molar-refractivity contribution is 5.52. The number of ether oxygens (including phenoxy) is 1. The quantitative estimate of drug-likeness (QED) is 0.798. The Morgan fingerprint density at radius 3 is 2.74 bits per heavy atom. The van der Waals surface area contributed by atoms with Crippen LogP contribution in [0.3, 0.4) is 0 Å². The van der Waals surface area contributed by atoms with Gasteiger partial charge in [0.1, 0.15) is 0 Å². The summed E-state index contributed by atoms with van der Waals surface area (Å²) >= 11 is 0. The van der Waals surface area contributed by atoms with Crippen LogP contribution in [0.15, 0.2) is 24.3 Å². The SMILES string of the molecule is Cc1ccccc1N(C)CCCOC1CCNCC1. The molecule has 106 valence electrons. The van der Waals surface area contributed by atoms with Crippen LogP contribution >= 0.6 is 0 Å². The van der Waals surface area contributed by atoms with Crippen molar-refractivity contribution in [3.05, 3.63) is 29.8 Å². The average Bonchev–Trinajstić information content (AvgIpc) is 2.45. The van der Waals surface area contributed by atoms with Crippen LogP contribution < -0.4 is 10.2 Å². The van der Waals surface area contributed by atoms with Crippen molar-refractivity contribution in [2.45, 2.75) is 32.3 Å². The second-order valence-electron chi connectivity index (χ2n) is 5.38. The fourth-order valence-electron chi connectivity index (χ4n) is 2.63. The molecule has 0 saturated carbocycles. The van der Waals surface area contributed by atoms with E-state index < -0.39 is 0 Å². The number of nitrogens with one attached hydrogen (secondary N) is 1. The minimum absolute atomic E-state index is 0.477. The Kier molecular flexibility index (Phi) is 5.67. The number of rotatable bonds is 6. The molecule has 0 unspecified atom stereocenters. The van der Waals surface area contributed by atoms with Gasteiger partial charge in [0.05, 0.1) is 6.10 Å². The maximum Gasteiger partial charge on any atom is 0.0599 e. The zero-order valence-electron chi connectivity index (χ0n) is 12.2. The molecule has 0 spiro atoms.